The number of amides is 1. The number of ether oxygens (including phenoxy) is 1. The van der Waals surface area contributed by atoms with Crippen molar-refractivity contribution in [2.45, 2.75) is 17.8 Å². The zero-order valence-electron chi connectivity index (χ0n) is 16.5. The van der Waals surface area contributed by atoms with Gasteiger partial charge in [0.15, 0.2) is 0 Å². The number of rotatable bonds is 7. The van der Waals surface area contributed by atoms with Crippen molar-refractivity contribution >= 4 is 49.1 Å². The average Bonchev–Trinajstić information content (AvgIpc) is 2.73. The quantitative estimate of drug-likeness (QED) is 0.384. The number of sulfonamides is 1. The highest BCUT2D eigenvalue weighted by Gasteiger charge is 2.32. The maximum atomic E-state index is 12.8. The summed E-state index contributed by atoms with van der Waals surface area (Å²) in [6.45, 7) is -0.291. The lowest BCUT2D eigenvalue weighted by Crippen LogP contribution is -2.26. The Kier molecular flexibility index (Phi) is 7.55. The maximum Gasteiger partial charge on any atom is 0.573 e. The highest BCUT2D eigenvalue weighted by Crippen LogP contribution is 2.27. The predicted molar refractivity (Wildman–Crippen MR) is 121 cm³/mol. The number of hydrogen-bond donors (Lipinski definition) is 2. The molecule has 0 aliphatic carbocycles. The molecule has 0 unspecified atom stereocenters. The molecule has 12 heteroatoms. The molecule has 0 heterocycles. The van der Waals surface area contributed by atoms with Crippen molar-refractivity contribution < 1.29 is 31.1 Å². The monoisotopic (exact) mass is 562 g/mol. The molecule has 0 saturated carbocycles. The number of anilines is 1. The Hall–Kier alpha value is -2.76. The summed E-state index contributed by atoms with van der Waals surface area (Å²) in [5.41, 5.74) is 0.0167. The fourth-order valence-corrected chi connectivity index (χ4v) is 4.32. The smallest absolute Gasteiger partial charge is 0.405 e. The van der Waals surface area contributed by atoms with E-state index in [2.05, 4.69) is 30.7 Å². The standard InChI is InChI=1S/C21H15BrClF3N2O4S/c22-14-5-10-18(28-33(30,31)16-8-6-15(23)7-9-16)17(11-14)20(29)27-12-13-3-1-2-4-19(13)32-21(24,25)26/h1-11,28H,12H2,(H,27,29). The largest absolute Gasteiger partial charge is 0.573 e. The SMILES string of the molecule is O=C(NCc1ccccc1OC(F)(F)F)c1cc(Br)ccc1NS(=O)(=O)c1ccc(Cl)cc1. The minimum Gasteiger partial charge on any atom is -0.405 e. The molecule has 0 bridgehead atoms. The number of para-hydroxylation sites is 1. The van der Waals surface area contributed by atoms with Crippen molar-refractivity contribution in [3.05, 3.63) is 87.4 Å². The zero-order chi connectivity index (χ0) is 24.2. The average molecular weight is 564 g/mol. The van der Waals surface area contributed by atoms with E-state index in [-0.39, 0.29) is 28.3 Å². The van der Waals surface area contributed by atoms with E-state index in [1.807, 2.05) is 0 Å². The number of halogens is 5. The van der Waals surface area contributed by atoms with Crippen LogP contribution in [0, 0.1) is 0 Å². The van der Waals surface area contributed by atoms with Gasteiger partial charge in [0.25, 0.3) is 15.9 Å². The number of nitrogens with one attached hydrogen (secondary N) is 2. The Labute approximate surface area is 200 Å². The van der Waals surface area contributed by atoms with Crippen LogP contribution in [0.1, 0.15) is 15.9 Å². The number of benzene rings is 3. The molecule has 3 rings (SSSR count). The van der Waals surface area contributed by atoms with E-state index in [9.17, 15) is 26.4 Å². The van der Waals surface area contributed by atoms with Crippen molar-refractivity contribution in [3.8, 4) is 5.75 Å². The van der Waals surface area contributed by atoms with Gasteiger partial charge in [-0.25, -0.2) is 8.42 Å². The lowest BCUT2D eigenvalue weighted by atomic mass is 10.1. The van der Waals surface area contributed by atoms with Crippen LogP contribution in [0.5, 0.6) is 5.75 Å². The van der Waals surface area contributed by atoms with E-state index in [0.717, 1.165) is 6.07 Å². The molecular formula is C21H15BrClF3N2O4S. The molecule has 0 saturated heterocycles. The molecule has 0 fully saturated rings. The summed E-state index contributed by atoms with van der Waals surface area (Å²) < 4.78 is 70.1. The van der Waals surface area contributed by atoms with Crippen LogP contribution in [0.2, 0.25) is 5.02 Å². The molecule has 0 aliphatic rings. The molecule has 6 nitrogen and oxygen atoms in total. The Morgan fingerprint density at radius 2 is 1.70 bits per heavy atom. The number of carbonyl (C=O) groups is 1. The van der Waals surface area contributed by atoms with Gasteiger partial charge < -0.3 is 10.1 Å². The van der Waals surface area contributed by atoms with Crippen molar-refractivity contribution in [1.82, 2.24) is 5.32 Å². The van der Waals surface area contributed by atoms with Crippen LogP contribution in [0.4, 0.5) is 18.9 Å². The van der Waals surface area contributed by atoms with E-state index in [1.54, 1.807) is 0 Å². The topological polar surface area (TPSA) is 84.5 Å². The molecule has 0 aliphatic heterocycles. The van der Waals surface area contributed by atoms with Crippen LogP contribution in [-0.4, -0.2) is 20.7 Å². The molecule has 0 atom stereocenters. The third-order valence-electron chi connectivity index (χ3n) is 4.23. The molecule has 3 aromatic rings. The molecule has 0 spiro atoms. The van der Waals surface area contributed by atoms with Crippen molar-refractivity contribution in [1.29, 1.82) is 0 Å². The van der Waals surface area contributed by atoms with Crippen LogP contribution in [0.3, 0.4) is 0 Å². The lowest BCUT2D eigenvalue weighted by Gasteiger charge is -2.15. The van der Waals surface area contributed by atoms with Gasteiger partial charge in [-0.15, -0.1) is 13.2 Å². The minimum atomic E-state index is -4.89. The third-order valence-corrected chi connectivity index (χ3v) is 6.36. The van der Waals surface area contributed by atoms with Crippen LogP contribution in [0.15, 0.2) is 76.1 Å². The molecule has 3 aromatic carbocycles. The Morgan fingerprint density at radius 1 is 1.03 bits per heavy atom. The van der Waals surface area contributed by atoms with Crippen molar-refractivity contribution in [2.75, 3.05) is 4.72 Å². The second-order valence-electron chi connectivity index (χ2n) is 6.59. The molecular weight excluding hydrogens is 549 g/mol. The first-order valence-electron chi connectivity index (χ1n) is 9.14. The van der Waals surface area contributed by atoms with E-state index < -0.39 is 28.0 Å². The predicted octanol–water partition coefficient (Wildman–Crippen LogP) is 5.73. The first-order valence-corrected chi connectivity index (χ1v) is 11.8. The lowest BCUT2D eigenvalue weighted by molar-refractivity contribution is -0.274. The second kappa shape index (κ2) is 10.0. The van der Waals surface area contributed by atoms with E-state index in [1.165, 1.54) is 60.7 Å². The summed E-state index contributed by atoms with van der Waals surface area (Å²) in [5, 5.41) is 2.84. The molecule has 33 heavy (non-hydrogen) atoms. The van der Waals surface area contributed by atoms with E-state index >= 15 is 0 Å². The van der Waals surface area contributed by atoms with E-state index in [0.29, 0.717) is 9.50 Å². The number of alkyl halides is 3. The Balaban J connectivity index is 1.82. The van der Waals surface area contributed by atoms with Gasteiger partial charge in [-0.05, 0) is 48.5 Å². The Morgan fingerprint density at radius 3 is 2.36 bits per heavy atom. The van der Waals surface area contributed by atoms with Crippen LogP contribution in [0.25, 0.3) is 0 Å². The summed E-state index contributed by atoms with van der Waals surface area (Å²) in [6, 6.07) is 15.1. The zero-order valence-corrected chi connectivity index (χ0v) is 19.6. The van der Waals surface area contributed by atoms with Crippen LogP contribution in [-0.2, 0) is 16.6 Å². The van der Waals surface area contributed by atoms with Gasteiger partial charge in [-0.1, -0.05) is 45.7 Å². The first-order chi connectivity index (χ1) is 15.4. The summed E-state index contributed by atoms with van der Waals surface area (Å²) >= 11 is 9.01. The molecule has 2 N–H and O–H groups in total. The fourth-order valence-electron chi connectivity index (χ4n) is 2.76. The van der Waals surface area contributed by atoms with Crippen LogP contribution >= 0.6 is 27.5 Å². The summed E-state index contributed by atoms with van der Waals surface area (Å²) in [5.74, 6) is -1.17. The van der Waals surface area contributed by atoms with Gasteiger partial charge >= 0.3 is 6.36 Å². The second-order valence-corrected chi connectivity index (χ2v) is 9.62. The van der Waals surface area contributed by atoms with Gasteiger partial charge in [0.05, 0.1) is 16.1 Å². The van der Waals surface area contributed by atoms with Gasteiger partial charge in [0, 0.05) is 21.6 Å². The van der Waals surface area contributed by atoms with Crippen LogP contribution < -0.4 is 14.8 Å². The highest BCUT2D eigenvalue weighted by molar-refractivity contribution is 9.10. The maximum absolute atomic E-state index is 12.8. The van der Waals surface area contributed by atoms with Gasteiger partial charge in [0.2, 0.25) is 0 Å². The summed E-state index contributed by atoms with van der Waals surface area (Å²) in [6.07, 6.45) is -4.89. The highest BCUT2D eigenvalue weighted by atomic mass is 79.9. The molecule has 1 amide bonds. The van der Waals surface area contributed by atoms with Crippen molar-refractivity contribution in [2.24, 2.45) is 0 Å². The number of carbonyl (C=O) groups excluding carboxylic acids is 1. The van der Waals surface area contributed by atoms with Gasteiger partial charge in [-0.3, -0.25) is 9.52 Å². The van der Waals surface area contributed by atoms with E-state index in [4.69, 9.17) is 11.6 Å². The van der Waals surface area contributed by atoms with Gasteiger partial charge in [0.1, 0.15) is 5.75 Å². The van der Waals surface area contributed by atoms with Crippen molar-refractivity contribution in [3.63, 3.8) is 0 Å². The third kappa shape index (κ3) is 6.86. The fraction of sp³-hybridized carbons (Fsp3) is 0.0952. The summed E-state index contributed by atoms with van der Waals surface area (Å²) in [7, 11) is -4.04. The first kappa shape index (κ1) is 24.9. The number of hydrogen-bond acceptors (Lipinski definition) is 4. The Bertz CT molecular complexity index is 1270. The molecule has 0 aromatic heterocycles. The normalized spacial score (nSPS) is 11.7. The molecule has 174 valence electrons. The molecule has 0 radical (unpaired) electrons. The summed E-state index contributed by atoms with van der Waals surface area (Å²) in [4.78, 5) is 12.7. The minimum absolute atomic E-state index is 0.0227. The van der Waals surface area contributed by atoms with Gasteiger partial charge in [-0.2, -0.15) is 0 Å².